The van der Waals surface area contributed by atoms with Gasteiger partial charge in [0.2, 0.25) is 0 Å². The van der Waals surface area contributed by atoms with E-state index in [4.69, 9.17) is 9.47 Å². The minimum absolute atomic E-state index is 0.391. The lowest BCUT2D eigenvalue weighted by molar-refractivity contribution is 0.336. The van der Waals surface area contributed by atoms with Crippen molar-refractivity contribution < 1.29 is 9.47 Å². The highest BCUT2D eigenvalue weighted by atomic mass is 127. The van der Waals surface area contributed by atoms with Crippen molar-refractivity contribution in [3.05, 3.63) is 57.6 Å². The molecule has 2 aromatic carbocycles. The molecule has 0 aromatic heterocycles. The number of hydrogen-bond acceptors (Lipinski definition) is 2. The summed E-state index contributed by atoms with van der Waals surface area (Å²) in [7, 11) is 0. The summed E-state index contributed by atoms with van der Waals surface area (Å²) >= 11 is 2.56. The molecule has 3 heteroatoms. The highest BCUT2D eigenvalue weighted by molar-refractivity contribution is 14.1. The molecule has 0 atom stereocenters. The largest absolute Gasteiger partial charge is 0.494 e. The fourth-order valence-corrected chi connectivity index (χ4v) is 5.51. The molecule has 0 unspecified atom stereocenters. The number of ether oxygens (including phenoxy) is 2. The highest BCUT2D eigenvalue weighted by Crippen LogP contribution is 2.39. The molecule has 0 heterocycles. The fourth-order valence-electron chi connectivity index (χ4n) is 4.56. The molecule has 0 amide bonds. The highest BCUT2D eigenvalue weighted by Gasteiger charge is 2.24. The zero-order chi connectivity index (χ0) is 21.4. The number of alkyl halides is 1. The van der Waals surface area contributed by atoms with Crippen molar-refractivity contribution in [2.75, 3.05) is 17.6 Å². The van der Waals surface area contributed by atoms with Crippen LogP contribution in [-0.2, 0) is 25.7 Å². The number of halogens is 1. The molecule has 0 saturated heterocycles. The number of hydrogen-bond donors (Lipinski definition) is 0. The topological polar surface area (TPSA) is 18.5 Å². The molecule has 0 aliphatic heterocycles. The minimum atomic E-state index is 0.391. The second-order valence-corrected chi connectivity index (χ2v) is 8.09. The molecule has 0 fully saturated rings. The van der Waals surface area contributed by atoms with Crippen LogP contribution < -0.4 is 9.47 Å². The minimum Gasteiger partial charge on any atom is -0.494 e. The molecule has 0 aliphatic rings. The summed E-state index contributed by atoms with van der Waals surface area (Å²) in [4.78, 5) is 0. The Kier molecular flexibility index (Phi) is 9.81. The van der Waals surface area contributed by atoms with Gasteiger partial charge in [0.15, 0.2) is 0 Å². The van der Waals surface area contributed by atoms with Gasteiger partial charge in [0.1, 0.15) is 11.5 Å². The Morgan fingerprint density at radius 3 is 1.28 bits per heavy atom. The van der Waals surface area contributed by atoms with Crippen LogP contribution in [0.4, 0.5) is 0 Å². The maximum absolute atomic E-state index is 5.95. The molecule has 2 aromatic rings. The lowest BCUT2D eigenvalue weighted by Crippen LogP contribution is -2.13. The van der Waals surface area contributed by atoms with Crippen LogP contribution in [-0.4, -0.2) is 17.6 Å². The Labute approximate surface area is 191 Å². The molecular weight excluding hydrogens is 471 g/mol. The molecule has 0 spiro atoms. The van der Waals surface area contributed by atoms with E-state index in [0.29, 0.717) is 19.1 Å². The molecule has 2 rings (SSSR count). The van der Waals surface area contributed by atoms with Gasteiger partial charge in [0.05, 0.1) is 13.2 Å². The van der Waals surface area contributed by atoms with Crippen LogP contribution >= 0.6 is 22.6 Å². The molecule has 0 bridgehead atoms. The summed E-state index contributed by atoms with van der Waals surface area (Å²) in [5, 5.41) is 0. The van der Waals surface area contributed by atoms with Crippen molar-refractivity contribution in [2.45, 2.75) is 73.1 Å². The lowest BCUT2D eigenvalue weighted by Gasteiger charge is -2.26. The summed E-state index contributed by atoms with van der Waals surface area (Å²) in [6, 6.07) is 9.01. The first-order valence-corrected chi connectivity index (χ1v) is 12.7. The van der Waals surface area contributed by atoms with E-state index in [1.54, 1.807) is 0 Å². The molecule has 0 saturated carbocycles. The second kappa shape index (κ2) is 11.8. The molecule has 160 valence electrons. The zero-order valence-electron chi connectivity index (χ0n) is 19.0. The maximum atomic E-state index is 5.95. The Morgan fingerprint density at radius 2 is 1.00 bits per heavy atom. The summed E-state index contributed by atoms with van der Waals surface area (Å²) in [6.45, 7) is 14.6. The summed E-state index contributed by atoms with van der Waals surface area (Å²) < 4.78 is 13.0. The Morgan fingerprint density at radius 1 is 0.621 bits per heavy atom. The summed E-state index contributed by atoms with van der Waals surface area (Å²) in [5.74, 6) is 2.50. The van der Waals surface area contributed by atoms with Crippen molar-refractivity contribution in [1.29, 1.82) is 0 Å². The van der Waals surface area contributed by atoms with Crippen LogP contribution in [0.1, 0.15) is 80.8 Å². The van der Waals surface area contributed by atoms with Crippen LogP contribution in [0.15, 0.2) is 24.3 Å². The third-order valence-electron chi connectivity index (χ3n) is 5.77. The van der Waals surface area contributed by atoms with Crippen molar-refractivity contribution in [1.82, 2.24) is 0 Å². The standard InChI is InChI=1S/C26H37IO2/c1-7-18-20(9-3)25(28-11-5)15-13-22(18)24(17-27)23-14-16-26(29-12-6)21(10-4)19(23)8-2/h13-16,24H,7-12,17H2,1-6H3. The second-order valence-electron chi connectivity index (χ2n) is 7.21. The van der Waals surface area contributed by atoms with Gasteiger partial charge >= 0.3 is 0 Å². The molecule has 0 N–H and O–H groups in total. The van der Waals surface area contributed by atoms with E-state index in [1.165, 1.54) is 33.4 Å². The molecule has 29 heavy (non-hydrogen) atoms. The van der Waals surface area contributed by atoms with Crippen molar-refractivity contribution in [3.8, 4) is 11.5 Å². The van der Waals surface area contributed by atoms with Gasteiger partial charge in [-0.15, -0.1) is 0 Å². The van der Waals surface area contributed by atoms with Crippen LogP contribution in [0.25, 0.3) is 0 Å². The van der Waals surface area contributed by atoms with Gasteiger partial charge in [-0.3, -0.25) is 0 Å². The van der Waals surface area contributed by atoms with E-state index < -0.39 is 0 Å². The average molecular weight is 508 g/mol. The molecule has 2 nitrogen and oxygen atoms in total. The van der Waals surface area contributed by atoms with E-state index in [9.17, 15) is 0 Å². The maximum Gasteiger partial charge on any atom is 0.122 e. The van der Waals surface area contributed by atoms with Crippen LogP contribution in [0.2, 0.25) is 0 Å². The SMILES string of the molecule is CCOc1ccc(C(CI)c2ccc(OCC)c(CC)c2CC)c(CC)c1CC. The predicted molar refractivity (Wildman–Crippen MR) is 133 cm³/mol. The lowest BCUT2D eigenvalue weighted by atomic mass is 9.81. The normalized spacial score (nSPS) is 11.2. The van der Waals surface area contributed by atoms with E-state index in [-0.39, 0.29) is 0 Å². The quantitative estimate of drug-likeness (QED) is 0.234. The summed E-state index contributed by atoms with van der Waals surface area (Å²) in [6.07, 6.45) is 4.08. The predicted octanol–water partition coefficient (Wildman–Crippen LogP) is 7.30. The van der Waals surface area contributed by atoms with Gasteiger partial charge in [-0.2, -0.15) is 0 Å². The Bertz CT molecular complexity index is 732. The van der Waals surface area contributed by atoms with Crippen LogP contribution in [0.5, 0.6) is 11.5 Å². The first kappa shape index (κ1) is 24.0. The van der Waals surface area contributed by atoms with Gasteiger partial charge in [-0.1, -0.05) is 62.4 Å². The number of benzene rings is 2. The Balaban J connectivity index is 2.68. The average Bonchev–Trinajstić information content (AvgIpc) is 2.75. The molecule has 0 aliphatic carbocycles. The Hall–Kier alpha value is -1.23. The van der Waals surface area contributed by atoms with E-state index in [0.717, 1.165) is 41.6 Å². The van der Waals surface area contributed by atoms with Gasteiger partial charge in [0, 0.05) is 10.3 Å². The van der Waals surface area contributed by atoms with Gasteiger partial charge in [0.25, 0.3) is 0 Å². The monoisotopic (exact) mass is 508 g/mol. The van der Waals surface area contributed by atoms with E-state index >= 15 is 0 Å². The van der Waals surface area contributed by atoms with E-state index in [1.807, 2.05) is 0 Å². The molecule has 0 radical (unpaired) electrons. The van der Waals surface area contributed by atoms with Gasteiger partial charge < -0.3 is 9.47 Å². The first-order valence-electron chi connectivity index (χ1n) is 11.2. The zero-order valence-corrected chi connectivity index (χ0v) is 21.2. The van der Waals surface area contributed by atoms with Gasteiger partial charge in [-0.05, 0) is 85.0 Å². The van der Waals surface area contributed by atoms with Crippen LogP contribution in [0, 0.1) is 0 Å². The van der Waals surface area contributed by atoms with Crippen LogP contribution in [0.3, 0.4) is 0 Å². The van der Waals surface area contributed by atoms with Gasteiger partial charge in [-0.25, -0.2) is 0 Å². The number of rotatable bonds is 11. The van der Waals surface area contributed by atoms with Crippen molar-refractivity contribution >= 4 is 22.6 Å². The van der Waals surface area contributed by atoms with Crippen molar-refractivity contribution in [2.24, 2.45) is 0 Å². The van der Waals surface area contributed by atoms with E-state index in [2.05, 4.69) is 88.4 Å². The summed E-state index contributed by atoms with van der Waals surface area (Å²) in [5.41, 5.74) is 8.61. The first-order chi connectivity index (χ1) is 14.1. The van der Waals surface area contributed by atoms with Crippen molar-refractivity contribution in [3.63, 3.8) is 0 Å². The third kappa shape index (κ3) is 5.10. The smallest absolute Gasteiger partial charge is 0.122 e. The molecular formula is C26H37IO2. The third-order valence-corrected chi connectivity index (χ3v) is 6.65. The fraction of sp³-hybridized carbons (Fsp3) is 0.538.